The normalized spacial score (nSPS) is 17.1. The number of hydrogen-bond donors (Lipinski definition) is 4. The Kier molecular flexibility index (Phi) is 5.20. The lowest BCUT2D eigenvalue weighted by molar-refractivity contribution is -0.166. The van der Waals surface area contributed by atoms with E-state index in [4.69, 9.17) is 10.2 Å². The van der Waals surface area contributed by atoms with Crippen LogP contribution in [-0.4, -0.2) is 55.8 Å². The molecule has 0 radical (unpaired) electrons. The van der Waals surface area contributed by atoms with E-state index >= 15 is 0 Å². The minimum absolute atomic E-state index is 0.689. The number of aliphatic carboxylic acids is 2. The Hall–Kier alpha value is -1.18. The molecule has 0 aliphatic rings. The lowest BCUT2D eigenvalue weighted by Gasteiger charge is -2.32. The molecule has 4 N–H and O–H groups in total. The molecule has 0 saturated heterocycles. The maximum absolute atomic E-state index is 10.8. The predicted molar refractivity (Wildman–Crippen MR) is 48.9 cm³/mol. The monoisotopic (exact) mass is 221 g/mol. The van der Waals surface area contributed by atoms with Gasteiger partial charge in [-0.1, -0.05) is 0 Å². The molecule has 0 rings (SSSR count). The quantitative estimate of drug-likeness (QED) is 0.420. The van der Waals surface area contributed by atoms with Crippen LogP contribution in [0.25, 0.3) is 0 Å². The summed E-state index contributed by atoms with van der Waals surface area (Å²) >= 11 is 0. The molecule has 7 heteroatoms. The molecular weight excluding hydrogens is 206 g/mol. The predicted octanol–water partition coefficient (Wildman–Crippen LogP) is -1.11. The second-order valence-corrected chi connectivity index (χ2v) is 3.16. The Morgan fingerprint density at radius 1 is 1.13 bits per heavy atom. The van der Waals surface area contributed by atoms with E-state index in [9.17, 15) is 19.8 Å². The molecule has 0 aromatic rings. The van der Waals surface area contributed by atoms with Crippen molar-refractivity contribution < 1.29 is 30.0 Å². The van der Waals surface area contributed by atoms with Crippen LogP contribution in [-0.2, 0) is 9.59 Å². The number of carboxylic acid groups (broad SMARTS) is 2. The van der Waals surface area contributed by atoms with Gasteiger partial charge in [0.05, 0.1) is 6.42 Å². The zero-order valence-corrected chi connectivity index (χ0v) is 8.49. The molecule has 0 spiro atoms. The summed E-state index contributed by atoms with van der Waals surface area (Å²) in [5.74, 6) is -2.71. The van der Waals surface area contributed by atoms with Crippen LogP contribution in [0.3, 0.4) is 0 Å². The topological polar surface area (TPSA) is 118 Å². The number of nitrogens with zero attached hydrogens (tertiary/aromatic N) is 1. The van der Waals surface area contributed by atoms with Gasteiger partial charge in [0.25, 0.3) is 0 Å². The van der Waals surface area contributed by atoms with Gasteiger partial charge < -0.3 is 20.4 Å². The summed E-state index contributed by atoms with van der Waals surface area (Å²) in [6.07, 6.45) is -3.18. The minimum atomic E-state index is -1.46. The highest BCUT2D eigenvalue weighted by Crippen LogP contribution is 2.11. The number of carbonyl (C=O) groups is 2. The Morgan fingerprint density at radius 2 is 1.53 bits per heavy atom. The van der Waals surface area contributed by atoms with Gasteiger partial charge in [0, 0.05) is 0 Å². The van der Waals surface area contributed by atoms with Crippen LogP contribution in [0.2, 0.25) is 0 Å². The summed E-state index contributed by atoms with van der Waals surface area (Å²) in [4.78, 5) is 22.0. The summed E-state index contributed by atoms with van der Waals surface area (Å²) in [5, 5.41) is 35.7. The zero-order chi connectivity index (χ0) is 12.2. The van der Waals surface area contributed by atoms with Crippen LogP contribution >= 0.6 is 0 Å². The van der Waals surface area contributed by atoms with Crippen molar-refractivity contribution in [3.05, 3.63) is 0 Å². The number of rotatable bonds is 6. The Bertz CT molecular complexity index is 231. The van der Waals surface area contributed by atoms with Gasteiger partial charge in [-0.2, -0.15) is 0 Å². The van der Waals surface area contributed by atoms with Crippen LogP contribution in [0, 0.1) is 0 Å². The molecule has 88 valence electrons. The van der Waals surface area contributed by atoms with Crippen molar-refractivity contribution in [3.63, 3.8) is 0 Å². The molecule has 0 aromatic carbocycles. The van der Waals surface area contributed by atoms with Crippen molar-refractivity contribution in [2.75, 3.05) is 0 Å². The minimum Gasteiger partial charge on any atom is -0.481 e. The van der Waals surface area contributed by atoms with Crippen LogP contribution < -0.4 is 0 Å². The van der Waals surface area contributed by atoms with Crippen molar-refractivity contribution in [1.82, 2.24) is 4.90 Å². The maximum atomic E-state index is 10.8. The first-order valence-electron chi connectivity index (χ1n) is 4.35. The molecule has 0 fully saturated rings. The summed E-state index contributed by atoms with van der Waals surface area (Å²) in [5.41, 5.74) is 0. The van der Waals surface area contributed by atoms with Crippen LogP contribution in [0.15, 0.2) is 0 Å². The van der Waals surface area contributed by atoms with Gasteiger partial charge in [0.15, 0.2) is 0 Å². The van der Waals surface area contributed by atoms with Crippen molar-refractivity contribution >= 4 is 11.9 Å². The van der Waals surface area contributed by atoms with Gasteiger partial charge in [-0.05, 0) is 13.8 Å². The Morgan fingerprint density at radius 3 is 1.73 bits per heavy atom. The van der Waals surface area contributed by atoms with E-state index in [-0.39, 0.29) is 0 Å². The smallest absolute Gasteiger partial charge is 0.321 e. The fourth-order valence-electron chi connectivity index (χ4n) is 1.32. The fraction of sp³-hybridized carbons (Fsp3) is 0.750. The molecule has 3 atom stereocenters. The van der Waals surface area contributed by atoms with E-state index < -0.39 is 36.9 Å². The van der Waals surface area contributed by atoms with E-state index in [1.165, 1.54) is 13.8 Å². The molecule has 0 aliphatic carbocycles. The van der Waals surface area contributed by atoms with E-state index in [1.807, 2.05) is 0 Å². The molecule has 0 saturated carbocycles. The highest BCUT2D eigenvalue weighted by molar-refractivity contribution is 5.80. The average Bonchev–Trinajstić information content (AvgIpc) is 2.00. The highest BCUT2D eigenvalue weighted by atomic mass is 16.4. The van der Waals surface area contributed by atoms with Crippen LogP contribution in [0.1, 0.15) is 20.3 Å². The average molecular weight is 221 g/mol. The van der Waals surface area contributed by atoms with Gasteiger partial charge in [0.2, 0.25) is 0 Å². The van der Waals surface area contributed by atoms with E-state index in [0.29, 0.717) is 0 Å². The number of aliphatic hydroxyl groups excluding tert-OH is 2. The molecule has 0 aromatic heterocycles. The van der Waals surface area contributed by atoms with Gasteiger partial charge in [0.1, 0.15) is 18.5 Å². The molecule has 0 amide bonds. The van der Waals surface area contributed by atoms with Gasteiger partial charge in [-0.15, -0.1) is 0 Å². The van der Waals surface area contributed by atoms with Crippen molar-refractivity contribution in [1.29, 1.82) is 0 Å². The standard InChI is InChI=1S/C8H15NO6/c1-4(10)9(5(2)11)6(8(14)15)3-7(12)13/h4-6,10-11H,3H2,1-2H3,(H,12,13)(H,14,15). The second-order valence-electron chi connectivity index (χ2n) is 3.16. The van der Waals surface area contributed by atoms with Gasteiger partial charge in [-0.25, -0.2) is 4.90 Å². The molecule has 0 aliphatic heterocycles. The first kappa shape index (κ1) is 13.8. The van der Waals surface area contributed by atoms with Crippen LogP contribution in [0.4, 0.5) is 0 Å². The molecular formula is C8H15NO6. The number of aliphatic hydroxyl groups is 2. The maximum Gasteiger partial charge on any atom is 0.321 e. The molecule has 0 heterocycles. The molecule has 3 unspecified atom stereocenters. The molecule has 15 heavy (non-hydrogen) atoms. The van der Waals surface area contributed by atoms with Crippen LogP contribution in [0.5, 0.6) is 0 Å². The number of carboxylic acids is 2. The third kappa shape index (κ3) is 4.24. The van der Waals surface area contributed by atoms with Gasteiger partial charge >= 0.3 is 11.9 Å². The van der Waals surface area contributed by atoms with Gasteiger partial charge in [-0.3, -0.25) is 9.59 Å². The summed E-state index contributed by atoms with van der Waals surface area (Å²) in [6.45, 7) is 2.51. The van der Waals surface area contributed by atoms with Crippen molar-refractivity contribution in [3.8, 4) is 0 Å². The third-order valence-corrected chi connectivity index (χ3v) is 1.88. The lowest BCUT2D eigenvalue weighted by Crippen LogP contribution is -2.51. The lowest BCUT2D eigenvalue weighted by atomic mass is 10.1. The van der Waals surface area contributed by atoms with E-state index in [2.05, 4.69) is 0 Å². The van der Waals surface area contributed by atoms with E-state index in [1.54, 1.807) is 0 Å². The number of hydrogen-bond acceptors (Lipinski definition) is 5. The third-order valence-electron chi connectivity index (χ3n) is 1.88. The van der Waals surface area contributed by atoms with E-state index in [0.717, 1.165) is 4.90 Å². The largest absolute Gasteiger partial charge is 0.481 e. The fourth-order valence-corrected chi connectivity index (χ4v) is 1.32. The Labute approximate surface area is 86.6 Å². The van der Waals surface area contributed by atoms with Crippen molar-refractivity contribution in [2.24, 2.45) is 0 Å². The molecule has 0 bridgehead atoms. The summed E-state index contributed by atoms with van der Waals surface area (Å²) in [6, 6.07) is -1.46. The van der Waals surface area contributed by atoms with Crippen molar-refractivity contribution in [2.45, 2.75) is 38.8 Å². The highest BCUT2D eigenvalue weighted by Gasteiger charge is 2.33. The first-order valence-corrected chi connectivity index (χ1v) is 4.35. The summed E-state index contributed by atoms with van der Waals surface area (Å²) in [7, 11) is 0. The SMILES string of the molecule is CC(O)N(C(C)O)C(CC(=O)O)C(=O)O. The Balaban J connectivity index is 4.84. The zero-order valence-electron chi connectivity index (χ0n) is 8.49. The second kappa shape index (κ2) is 5.64. The summed E-state index contributed by atoms with van der Waals surface area (Å²) < 4.78 is 0. The molecule has 7 nitrogen and oxygen atoms in total. The first-order chi connectivity index (χ1) is 6.77.